The van der Waals surface area contributed by atoms with Crippen molar-refractivity contribution in [2.45, 2.75) is 38.7 Å². The molecule has 0 unspecified atom stereocenters. The van der Waals surface area contributed by atoms with Crippen molar-refractivity contribution in [3.8, 4) is 12.1 Å². The van der Waals surface area contributed by atoms with Gasteiger partial charge in [0.2, 0.25) is 0 Å². The third-order valence-corrected chi connectivity index (χ3v) is 3.74. The van der Waals surface area contributed by atoms with E-state index in [1.165, 1.54) is 0 Å². The van der Waals surface area contributed by atoms with Gasteiger partial charge in [-0.2, -0.15) is 10.5 Å². The number of aliphatic hydroxyl groups excluding tert-OH is 1. The fraction of sp³-hybridized carbons (Fsp3) is 0.667. The van der Waals surface area contributed by atoms with E-state index >= 15 is 0 Å². The largest absolute Gasteiger partial charge is 0.389 e. The second-order valence-electron chi connectivity index (χ2n) is 4.61. The van der Waals surface area contributed by atoms with Crippen LogP contribution in [0.25, 0.3) is 0 Å². The average molecular weight is 202 g/mol. The summed E-state index contributed by atoms with van der Waals surface area (Å²) in [7, 11) is 0. The molecule has 2 atom stereocenters. The molecule has 0 amide bonds. The van der Waals surface area contributed by atoms with Crippen LogP contribution < -0.4 is 0 Å². The van der Waals surface area contributed by atoms with E-state index in [9.17, 15) is 15.6 Å². The summed E-state index contributed by atoms with van der Waals surface area (Å²) < 4.78 is 0. The van der Waals surface area contributed by atoms with Crippen LogP contribution in [0.4, 0.5) is 0 Å². The van der Waals surface area contributed by atoms with Gasteiger partial charge in [0.25, 0.3) is 0 Å². The van der Waals surface area contributed by atoms with Crippen molar-refractivity contribution >= 4 is 0 Å². The third-order valence-electron chi connectivity index (χ3n) is 3.74. The van der Waals surface area contributed by atoms with Gasteiger partial charge in [-0.25, -0.2) is 0 Å². The second kappa shape index (κ2) is 3.36. The Bertz CT molecular complexity index is 383. The maximum atomic E-state index is 9.90. The van der Waals surface area contributed by atoms with E-state index in [0.717, 1.165) is 30.4 Å². The minimum atomic E-state index is -0.902. The number of nitriles is 2. The summed E-state index contributed by atoms with van der Waals surface area (Å²) >= 11 is 0. The molecule has 0 aromatic carbocycles. The maximum Gasteiger partial charge on any atom is 0.154 e. The number of hydrogen-bond donors (Lipinski definition) is 1. The van der Waals surface area contributed by atoms with Crippen LogP contribution >= 0.6 is 0 Å². The number of hydrogen-bond acceptors (Lipinski definition) is 3. The van der Waals surface area contributed by atoms with Crippen molar-refractivity contribution in [1.29, 1.82) is 10.5 Å². The van der Waals surface area contributed by atoms with E-state index in [2.05, 4.69) is 12.1 Å². The van der Waals surface area contributed by atoms with Crippen molar-refractivity contribution in [3.63, 3.8) is 0 Å². The molecule has 1 N–H and O–H groups in total. The van der Waals surface area contributed by atoms with Crippen LogP contribution in [-0.4, -0.2) is 11.2 Å². The smallest absolute Gasteiger partial charge is 0.154 e. The average Bonchev–Trinajstić information content (AvgIpc) is 2.54. The molecule has 0 radical (unpaired) electrons. The van der Waals surface area contributed by atoms with E-state index in [0.29, 0.717) is 6.42 Å². The SMILES string of the molecule is CC1=C2[C@H](O)CCC[C@H]2C(C#N)(C#N)C1. The Morgan fingerprint density at radius 1 is 1.33 bits per heavy atom. The number of rotatable bonds is 0. The first-order valence-corrected chi connectivity index (χ1v) is 5.35. The zero-order valence-corrected chi connectivity index (χ0v) is 8.82. The highest BCUT2D eigenvalue weighted by Crippen LogP contribution is 2.52. The van der Waals surface area contributed by atoms with Gasteiger partial charge in [-0.05, 0) is 31.8 Å². The van der Waals surface area contributed by atoms with Crippen LogP contribution in [0.15, 0.2) is 11.1 Å². The molecule has 0 spiro atoms. The molecule has 2 aliphatic rings. The van der Waals surface area contributed by atoms with Crippen molar-refractivity contribution in [1.82, 2.24) is 0 Å². The summed E-state index contributed by atoms with van der Waals surface area (Å²) in [5.41, 5.74) is 1.13. The molecule has 1 fully saturated rings. The molecule has 0 aromatic heterocycles. The Hall–Kier alpha value is -1.32. The highest BCUT2D eigenvalue weighted by Gasteiger charge is 2.50. The summed E-state index contributed by atoms with van der Waals surface area (Å²) in [5, 5.41) is 28.3. The fourth-order valence-corrected chi connectivity index (χ4v) is 3.06. The van der Waals surface area contributed by atoms with Crippen LogP contribution in [0.3, 0.4) is 0 Å². The summed E-state index contributed by atoms with van der Waals surface area (Å²) in [6, 6.07) is 4.33. The van der Waals surface area contributed by atoms with Crippen LogP contribution in [0.1, 0.15) is 32.6 Å². The summed E-state index contributed by atoms with van der Waals surface area (Å²) in [4.78, 5) is 0. The lowest BCUT2D eigenvalue weighted by atomic mass is 9.71. The quantitative estimate of drug-likeness (QED) is 0.610. The van der Waals surface area contributed by atoms with E-state index in [-0.39, 0.29) is 5.92 Å². The molecule has 2 aliphatic carbocycles. The lowest BCUT2D eigenvalue weighted by Crippen LogP contribution is -2.31. The maximum absolute atomic E-state index is 9.90. The minimum absolute atomic E-state index is 0.0313. The molecule has 78 valence electrons. The molecular formula is C12H14N2O. The molecule has 3 heteroatoms. The van der Waals surface area contributed by atoms with Gasteiger partial charge in [0.15, 0.2) is 5.41 Å². The van der Waals surface area contributed by atoms with Gasteiger partial charge in [-0.1, -0.05) is 5.57 Å². The molecule has 0 aliphatic heterocycles. The van der Waals surface area contributed by atoms with Gasteiger partial charge < -0.3 is 5.11 Å². The Balaban J connectivity index is 2.43. The van der Waals surface area contributed by atoms with Crippen molar-refractivity contribution in [3.05, 3.63) is 11.1 Å². The monoisotopic (exact) mass is 202 g/mol. The van der Waals surface area contributed by atoms with Crippen LogP contribution in [-0.2, 0) is 0 Å². The van der Waals surface area contributed by atoms with Gasteiger partial charge in [-0.3, -0.25) is 0 Å². The Kier molecular flexibility index (Phi) is 2.29. The third kappa shape index (κ3) is 1.28. The molecule has 0 saturated heterocycles. The van der Waals surface area contributed by atoms with Crippen LogP contribution in [0.5, 0.6) is 0 Å². The number of nitrogens with zero attached hydrogens (tertiary/aromatic N) is 2. The lowest BCUT2D eigenvalue weighted by Gasteiger charge is -2.31. The molecule has 0 heterocycles. The summed E-state index contributed by atoms with van der Waals surface area (Å²) in [6.45, 7) is 1.94. The Labute approximate surface area is 89.6 Å². The van der Waals surface area contributed by atoms with Crippen LogP contribution in [0, 0.1) is 34.0 Å². The van der Waals surface area contributed by atoms with E-state index < -0.39 is 11.5 Å². The number of aliphatic hydroxyl groups is 1. The van der Waals surface area contributed by atoms with Gasteiger partial charge in [0, 0.05) is 12.3 Å². The number of fused-ring (bicyclic) bond motifs is 1. The topological polar surface area (TPSA) is 67.8 Å². The second-order valence-corrected chi connectivity index (χ2v) is 4.61. The van der Waals surface area contributed by atoms with Gasteiger partial charge in [0.05, 0.1) is 18.2 Å². The minimum Gasteiger partial charge on any atom is -0.389 e. The standard InChI is InChI=1S/C12H14N2O/c1-8-5-12(6-13,7-14)9-3-2-4-10(15)11(8)9/h9-10,15H,2-5H2,1H3/t9-,10-/m1/s1. The van der Waals surface area contributed by atoms with Crippen molar-refractivity contribution < 1.29 is 5.11 Å². The van der Waals surface area contributed by atoms with Crippen LogP contribution in [0.2, 0.25) is 0 Å². The summed E-state index contributed by atoms with van der Waals surface area (Å²) in [6.07, 6.45) is 2.64. The normalized spacial score (nSPS) is 33.1. The van der Waals surface area contributed by atoms with E-state index in [1.807, 2.05) is 6.92 Å². The first kappa shape index (κ1) is 10.2. The molecule has 2 rings (SSSR count). The van der Waals surface area contributed by atoms with Crippen molar-refractivity contribution in [2.24, 2.45) is 11.3 Å². The van der Waals surface area contributed by atoms with E-state index in [1.54, 1.807) is 0 Å². The molecule has 0 bridgehead atoms. The Morgan fingerprint density at radius 3 is 2.60 bits per heavy atom. The molecule has 3 nitrogen and oxygen atoms in total. The highest BCUT2D eigenvalue weighted by molar-refractivity contribution is 5.39. The molecule has 15 heavy (non-hydrogen) atoms. The number of allylic oxidation sites excluding steroid dienone is 1. The Morgan fingerprint density at radius 2 is 2.00 bits per heavy atom. The summed E-state index contributed by atoms with van der Waals surface area (Å²) in [5.74, 6) is -0.0313. The molecule has 0 aromatic rings. The first-order valence-electron chi connectivity index (χ1n) is 5.35. The van der Waals surface area contributed by atoms with Crippen molar-refractivity contribution in [2.75, 3.05) is 0 Å². The molecule has 1 saturated carbocycles. The van der Waals surface area contributed by atoms with Gasteiger partial charge >= 0.3 is 0 Å². The lowest BCUT2D eigenvalue weighted by molar-refractivity contribution is 0.148. The zero-order chi connectivity index (χ0) is 11.1. The van der Waals surface area contributed by atoms with Gasteiger partial charge in [0.1, 0.15) is 0 Å². The predicted octanol–water partition coefficient (Wildman–Crippen LogP) is 1.90. The predicted molar refractivity (Wildman–Crippen MR) is 54.3 cm³/mol. The van der Waals surface area contributed by atoms with Gasteiger partial charge in [-0.15, -0.1) is 0 Å². The molecular weight excluding hydrogens is 188 g/mol. The fourth-order valence-electron chi connectivity index (χ4n) is 3.06. The zero-order valence-electron chi connectivity index (χ0n) is 8.82. The highest BCUT2D eigenvalue weighted by atomic mass is 16.3. The first-order chi connectivity index (χ1) is 7.14. The van der Waals surface area contributed by atoms with E-state index in [4.69, 9.17) is 0 Å².